The maximum atomic E-state index is 13.9. The summed E-state index contributed by atoms with van der Waals surface area (Å²) in [6, 6.07) is 6.89. The van der Waals surface area contributed by atoms with Crippen molar-refractivity contribution in [2.75, 3.05) is 44.7 Å². The molecule has 1 atom stereocenters. The minimum atomic E-state index is -0.180. The summed E-state index contributed by atoms with van der Waals surface area (Å²) < 4.78 is 15.7. The molecule has 0 amide bonds. The Bertz CT molecular complexity index is 787. The molecule has 0 aliphatic carbocycles. The van der Waals surface area contributed by atoms with Gasteiger partial charge in [0.2, 0.25) is 0 Å². The van der Waals surface area contributed by atoms with E-state index in [1.54, 1.807) is 6.07 Å². The van der Waals surface area contributed by atoms with Crippen LogP contribution in [0.3, 0.4) is 0 Å². The number of aliphatic imine (C=N–C) groups is 1. The van der Waals surface area contributed by atoms with Gasteiger partial charge in [-0.2, -0.15) is 5.10 Å². The summed E-state index contributed by atoms with van der Waals surface area (Å²) >= 11 is 0. The van der Waals surface area contributed by atoms with Crippen LogP contribution in [0.1, 0.15) is 31.2 Å². The largest absolute Gasteiger partial charge is 0.372 e. The predicted octanol–water partition coefficient (Wildman–Crippen LogP) is 2.84. The smallest absolute Gasteiger partial charge is 0.193 e. The van der Waals surface area contributed by atoms with Crippen LogP contribution in [0.4, 0.5) is 10.1 Å². The number of nitrogens with zero attached hydrogens (tertiary/aromatic N) is 5. The van der Waals surface area contributed by atoms with Gasteiger partial charge >= 0.3 is 0 Å². The Labute approximate surface area is 167 Å². The molecule has 1 N–H and O–H groups in total. The predicted molar refractivity (Wildman–Crippen MR) is 112 cm³/mol. The van der Waals surface area contributed by atoms with Crippen molar-refractivity contribution < 1.29 is 4.39 Å². The minimum Gasteiger partial charge on any atom is -0.372 e. The third kappa shape index (κ3) is 5.03. The standard InChI is InChI=1S/C21H31FN6/c1-4-23-21(28-13-10-17(16-28)18-14-25-27(3)15-18)24-11-7-12-26(2)20-9-6-5-8-19(20)22/h5-6,8-9,14-15,17H,4,7,10-13,16H2,1-3H3,(H,23,24). The molecule has 0 spiro atoms. The summed E-state index contributed by atoms with van der Waals surface area (Å²) in [5.41, 5.74) is 1.93. The Morgan fingerprint density at radius 2 is 2.21 bits per heavy atom. The zero-order chi connectivity index (χ0) is 19.9. The summed E-state index contributed by atoms with van der Waals surface area (Å²) in [6.07, 6.45) is 6.07. The number of benzene rings is 1. The van der Waals surface area contributed by atoms with Crippen LogP contribution in [-0.2, 0) is 7.05 Å². The number of aryl methyl sites for hydroxylation is 1. The maximum Gasteiger partial charge on any atom is 0.193 e. The fourth-order valence-electron chi connectivity index (χ4n) is 3.68. The van der Waals surface area contributed by atoms with Crippen LogP contribution in [0.15, 0.2) is 41.7 Å². The molecule has 0 saturated carbocycles. The third-order valence-corrected chi connectivity index (χ3v) is 5.20. The van der Waals surface area contributed by atoms with E-state index in [-0.39, 0.29) is 5.82 Å². The molecule has 28 heavy (non-hydrogen) atoms. The Balaban J connectivity index is 1.52. The van der Waals surface area contributed by atoms with Crippen LogP contribution < -0.4 is 10.2 Å². The van der Waals surface area contributed by atoms with Gasteiger partial charge < -0.3 is 15.1 Å². The van der Waals surface area contributed by atoms with E-state index in [0.29, 0.717) is 11.6 Å². The molecule has 1 fully saturated rings. The zero-order valence-electron chi connectivity index (χ0n) is 17.1. The maximum absolute atomic E-state index is 13.9. The quantitative estimate of drug-likeness (QED) is 0.452. The molecule has 1 aliphatic heterocycles. The molecule has 0 bridgehead atoms. The van der Waals surface area contributed by atoms with Crippen molar-refractivity contribution in [2.24, 2.45) is 12.0 Å². The molecule has 1 unspecified atom stereocenters. The third-order valence-electron chi connectivity index (χ3n) is 5.20. The lowest BCUT2D eigenvalue weighted by molar-refractivity contribution is 0.485. The number of hydrogen-bond acceptors (Lipinski definition) is 3. The first kappa shape index (κ1) is 20.2. The first-order valence-corrected chi connectivity index (χ1v) is 10.1. The van der Waals surface area contributed by atoms with Gasteiger partial charge in [0.05, 0.1) is 11.9 Å². The second-order valence-corrected chi connectivity index (χ2v) is 7.34. The number of nitrogens with one attached hydrogen (secondary N) is 1. The summed E-state index contributed by atoms with van der Waals surface area (Å²) in [5, 5.41) is 7.71. The van der Waals surface area contributed by atoms with Gasteiger partial charge in [0.1, 0.15) is 5.82 Å². The molecule has 3 rings (SSSR count). The van der Waals surface area contributed by atoms with Crippen molar-refractivity contribution >= 4 is 11.6 Å². The zero-order valence-corrected chi connectivity index (χ0v) is 17.1. The average Bonchev–Trinajstić information content (AvgIpc) is 3.33. The molecular weight excluding hydrogens is 355 g/mol. The monoisotopic (exact) mass is 386 g/mol. The number of para-hydroxylation sites is 1. The van der Waals surface area contributed by atoms with Crippen molar-refractivity contribution in [1.82, 2.24) is 20.0 Å². The van der Waals surface area contributed by atoms with Crippen LogP contribution in [0, 0.1) is 5.82 Å². The van der Waals surface area contributed by atoms with E-state index in [2.05, 4.69) is 28.4 Å². The lowest BCUT2D eigenvalue weighted by atomic mass is 10.0. The highest BCUT2D eigenvalue weighted by molar-refractivity contribution is 5.80. The molecule has 6 nitrogen and oxygen atoms in total. The normalized spacial score (nSPS) is 17.2. The number of halogens is 1. The molecule has 1 saturated heterocycles. The van der Waals surface area contributed by atoms with E-state index in [4.69, 9.17) is 4.99 Å². The van der Waals surface area contributed by atoms with Gasteiger partial charge in [0, 0.05) is 58.9 Å². The van der Waals surface area contributed by atoms with Crippen molar-refractivity contribution in [2.45, 2.75) is 25.7 Å². The highest BCUT2D eigenvalue weighted by atomic mass is 19.1. The Morgan fingerprint density at radius 1 is 1.39 bits per heavy atom. The van der Waals surface area contributed by atoms with E-state index < -0.39 is 0 Å². The van der Waals surface area contributed by atoms with Gasteiger partial charge in [-0.15, -0.1) is 0 Å². The Kier molecular flexibility index (Phi) is 6.90. The number of guanidine groups is 1. The molecule has 2 aromatic rings. The number of rotatable bonds is 7. The van der Waals surface area contributed by atoms with Gasteiger partial charge in [-0.3, -0.25) is 9.67 Å². The van der Waals surface area contributed by atoms with E-state index >= 15 is 0 Å². The van der Waals surface area contributed by atoms with E-state index in [1.165, 1.54) is 11.6 Å². The van der Waals surface area contributed by atoms with Crippen LogP contribution in [-0.4, -0.2) is 60.4 Å². The Morgan fingerprint density at radius 3 is 2.93 bits per heavy atom. The summed E-state index contributed by atoms with van der Waals surface area (Å²) in [7, 11) is 3.88. The lowest BCUT2D eigenvalue weighted by Crippen LogP contribution is -2.40. The van der Waals surface area contributed by atoms with Crippen LogP contribution >= 0.6 is 0 Å². The molecule has 1 aromatic heterocycles. The minimum absolute atomic E-state index is 0.180. The number of hydrogen-bond donors (Lipinski definition) is 1. The van der Waals surface area contributed by atoms with Gasteiger partial charge in [-0.25, -0.2) is 4.39 Å². The van der Waals surface area contributed by atoms with Crippen LogP contribution in [0.5, 0.6) is 0 Å². The number of anilines is 1. The lowest BCUT2D eigenvalue weighted by Gasteiger charge is -2.22. The van der Waals surface area contributed by atoms with Gasteiger partial charge in [-0.1, -0.05) is 12.1 Å². The first-order valence-electron chi connectivity index (χ1n) is 10.1. The second-order valence-electron chi connectivity index (χ2n) is 7.34. The van der Waals surface area contributed by atoms with Crippen molar-refractivity contribution in [3.05, 3.63) is 48.0 Å². The molecule has 2 heterocycles. The number of aromatic nitrogens is 2. The Hall–Kier alpha value is -2.57. The van der Waals surface area contributed by atoms with Gasteiger partial charge in [-0.05, 0) is 37.5 Å². The fourth-order valence-corrected chi connectivity index (χ4v) is 3.68. The summed E-state index contributed by atoms with van der Waals surface area (Å²) in [6.45, 7) is 6.39. The topological polar surface area (TPSA) is 48.7 Å². The van der Waals surface area contributed by atoms with Crippen LogP contribution in [0.25, 0.3) is 0 Å². The molecule has 7 heteroatoms. The fraction of sp³-hybridized carbons (Fsp3) is 0.524. The van der Waals surface area contributed by atoms with Gasteiger partial charge in [0.25, 0.3) is 0 Å². The SMILES string of the molecule is CCNC(=NCCCN(C)c1ccccc1F)N1CCC(c2cnn(C)c2)C1. The average molecular weight is 387 g/mol. The molecule has 1 aromatic carbocycles. The first-order chi connectivity index (χ1) is 13.6. The van der Waals surface area contributed by atoms with E-state index in [1.807, 2.05) is 42.0 Å². The summed E-state index contributed by atoms with van der Waals surface area (Å²) in [4.78, 5) is 9.09. The summed E-state index contributed by atoms with van der Waals surface area (Å²) in [5.74, 6) is 1.30. The molecule has 152 valence electrons. The van der Waals surface area contributed by atoms with Gasteiger partial charge in [0.15, 0.2) is 5.96 Å². The van der Waals surface area contributed by atoms with E-state index in [0.717, 1.165) is 51.5 Å². The highest BCUT2D eigenvalue weighted by Crippen LogP contribution is 2.26. The van der Waals surface area contributed by atoms with E-state index in [9.17, 15) is 4.39 Å². The number of likely N-dealkylation sites (tertiary alicyclic amines) is 1. The van der Waals surface area contributed by atoms with Crippen molar-refractivity contribution in [1.29, 1.82) is 0 Å². The molecular formula is C21H31FN6. The highest BCUT2D eigenvalue weighted by Gasteiger charge is 2.26. The molecule has 0 radical (unpaired) electrons. The van der Waals surface area contributed by atoms with Crippen molar-refractivity contribution in [3.63, 3.8) is 0 Å². The van der Waals surface area contributed by atoms with Crippen molar-refractivity contribution in [3.8, 4) is 0 Å². The molecule has 1 aliphatic rings. The second kappa shape index (κ2) is 9.57. The van der Waals surface area contributed by atoms with Crippen LogP contribution in [0.2, 0.25) is 0 Å².